The van der Waals surface area contributed by atoms with Gasteiger partial charge in [-0.25, -0.2) is 4.39 Å². The van der Waals surface area contributed by atoms with Crippen molar-refractivity contribution in [2.24, 2.45) is 5.73 Å². The van der Waals surface area contributed by atoms with Crippen LogP contribution in [0.4, 0.5) is 4.39 Å². The van der Waals surface area contributed by atoms with Crippen LogP contribution < -0.4 is 5.73 Å². The minimum absolute atomic E-state index is 0.00176. The lowest BCUT2D eigenvalue weighted by Gasteiger charge is -2.09. The fourth-order valence-electron chi connectivity index (χ4n) is 0.979. The average molecular weight is 232 g/mol. The zero-order valence-electron chi connectivity index (χ0n) is 6.85. The molecule has 0 saturated carbocycles. The minimum atomic E-state index is -0.248. The van der Waals surface area contributed by atoms with Crippen molar-refractivity contribution < 1.29 is 4.39 Å². The summed E-state index contributed by atoms with van der Waals surface area (Å²) in [6, 6.07) is 4.87. The summed E-state index contributed by atoms with van der Waals surface area (Å²) in [4.78, 5) is 0. The van der Waals surface area contributed by atoms with E-state index in [2.05, 4.69) is 15.9 Å². The topological polar surface area (TPSA) is 26.0 Å². The highest BCUT2D eigenvalue weighted by molar-refractivity contribution is 9.10. The predicted molar refractivity (Wildman–Crippen MR) is 51.3 cm³/mol. The number of benzene rings is 1. The van der Waals surface area contributed by atoms with Gasteiger partial charge in [0.15, 0.2) is 0 Å². The van der Waals surface area contributed by atoms with Crippen molar-refractivity contribution in [3.63, 3.8) is 0 Å². The van der Waals surface area contributed by atoms with E-state index >= 15 is 0 Å². The molecule has 0 aliphatic rings. The van der Waals surface area contributed by atoms with Gasteiger partial charge in [-0.3, -0.25) is 0 Å². The third kappa shape index (κ3) is 2.05. The summed E-state index contributed by atoms with van der Waals surface area (Å²) in [6.45, 7) is 2.00. The molecule has 1 aromatic carbocycles. The maximum Gasteiger partial charge on any atom is 0.137 e. The Kier molecular flexibility index (Phi) is 3.23. The van der Waals surface area contributed by atoms with Gasteiger partial charge in [-0.15, -0.1) is 0 Å². The highest BCUT2D eigenvalue weighted by Gasteiger charge is 2.05. The van der Waals surface area contributed by atoms with E-state index in [0.29, 0.717) is 4.47 Å². The third-order valence-electron chi connectivity index (χ3n) is 1.81. The molecule has 66 valence electrons. The van der Waals surface area contributed by atoms with E-state index in [4.69, 9.17) is 5.73 Å². The van der Waals surface area contributed by atoms with Crippen molar-refractivity contribution in [1.29, 1.82) is 0 Å². The van der Waals surface area contributed by atoms with Gasteiger partial charge in [0, 0.05) is 6.04 Å². The van der Waals surface area contributed by atoms with Gasteiger partial charge >= 0.3 is 0 Å². The monoisotopic (exact) mass is 231 g/mol. The van der Waals surface area contributed by atoms with Crippen LogP contribution in [0.15, 0.2) is 22.7 Å². The van der Waals surface area contributed by atoms with Crippen LogP contribution in [0.3, 0.4) is 0 Å². The van der Waals surface area contributed by atoms with Gasteiger partial charge in [0.05, 0.1) is 4.47 Å². The molecule has 0 aliphatic carbocycles. The number of nitrogens with two attached hydrogens (primary N) is 1. The number of halogens is 2. The summed E-state index contributed by atoms with van der Waals surface area (Å²) < 4.78 is 13.3. The first kappa shape index (κ1) is 9.68. The van der Waals surface area contributed by atoms with Gasteiger partial charge in [-0.2, -0.15) is 0 Å². The molecule has 0 bridgehead atoms. The van der Waals surface area contributed by atoms with E-state index in [-0.39, 0.29) is 11.9 Å². The summed E-state index contributed by atoms with van der Waals surface area (Å²) in [5.41, 5.74) is 6.73. The summed E-state index contributed by atoms with van der Waals surface area (Å²) in [7, 11) is 0. The third-order valence-corrected chi connectivity index (χ3v) is 2.42. The Bertz CT molecular complexity index is 275. The van der Waals surface area contributed by atoms with Crippen molar-refractivity contribution in [3.8, 4) is 0 Å². The molecule has 1 nitrogen and oxygen atoms in total. The van der Waals surface area contributed by atoms with Crippen molar-refractivity contribution in [2.75, 3.05) is 0 Å². The van der Waals surface area contributed by atoms with Gasteiger partial charge in [-0.1, -0.05) is 13.0 Å². The van der Waals surface area contributed by atoms with Gasteiger partial charge in [0.2, 0.25) is 0 Å². The van der Waals surface area contributed by atoms with E-state index in [1.165, 1.54) is 6.07 Å². The van der Waals surface area contributed by atoms with Gasteiger partial charge in [-0.05, 0) is 40.0 Å². The Morgan fingerprint density at radius 1 is 1.58 bits per heavy atom. The maximum absolute atomic E-state index is 12.8. The molecule has 0 aromatic heterocycles. The van der Waals surface area contributed by atoms with Crippen LogP contribution in [-0.2, 0) is 0 Å². The molecular formula is C9H11BrFN. The first-order valence-electron chi connectivity index (χ1n) is 3.85. The lowest BCUT2D eigenvalue weighted by atomic mass is 10.1. The second-order valence-electron chi connectivity index (χ2n) is 2.69. The molecule has 1 atom stereocenters. The SMILES string of the molecule is CC[C@H](N)c1ccc(F)c(Br)c1. The fraction of sp³-hybridized carbons (Fsp3) is 0.333. The van der Waals surface area contributed by atoms with E-state index in [0.717, 1.165) is 12.0 Å². The van der Waals surface area contributed by atoms with Crippen LogP contribution in [0, 0.1) is 5.82 Å². The molecule has 0 amide bonds. The van der Waals surface area contributed by atoms with Crippen molar-refractivity contribution in [1.82, 2.24) is 0 Å². The van der Waals surface area contributed by atoms with Gasteiger partial charge in [0.25, 0.3) is 0 Å². The van der Waals surface area contributed by atoms with Crippen LogP contribution in [0.25, 0.3) is 0 Å². The molecule has 0 heterocycles. The highest BCUT2D eigenvalue weighted by Crippen LogP contribution is 2.21. The smallest absolute Gasteiger partial charge is 0.137 e. The van der Waals surface area contributed by atoms with Crippen LogP contribution in [0.1, 0.15) is 24.9 Å². The lowest BCUT2D eigenvalue weighted by molar-refractivity contribution is 0.616. The number of hydrogen-bond acceptors (Lipinski definition) is 1. The molecule has 1 aromatic rings. The molecule has 0 radical (unpaired) electrons. The number of rotatable bonds is 2. The van der Waals surface area contributed by atoms with Crippen LogP contribution in [-0.4, -0.2) is 0 Å². The zero-order valence-corrected chi connectivity index (χ0v) is 8.44. The molecule has 0 spiro atoms. The Balaban J connectivity index is 2.96. The number of hydrogen-bond donors (Lipinski definition) is 1. The summed E-state index contributed by atoms with van der Waals surface area (Å²) in [5, 5.41) is 0. The van der Waals surface area contributed by atoms with E-state index in [9.17, 15) is 4.39 Å². The van der Waals surface area contributed by atoms with Gasteiger partial charge < -0.3 is 5.73 Å². The van der Waals surface area contributed by atoms with Crippen LogP contribution in [0.2, 0.25) is 0 Å². The maximum atomic E-state index is 12.8. The summed E-state index contributed by atoms with van der Waals surface area (Å²) in [6.07, 6.45) is 0.859. The molecular weight excluding hydrogens is 221 g/mol. The Morgan fingerprint density at radius 2 is 2.25 bits per heavy atom. The molecule has 0 unspecified atom stereocenters. The van der Waals surface area contributed by atoms with Crippen molar-refractivity contribution in [3.05, 3.63) is 34.1 Å². The van der Waals surface area contributed by atoms with Crippen LogP contribution in [0.5, 0.6) is 0 Å². The standard InChI is InChI=1S/C9H11BrFN/c1-2-9(12)6-3-4-8(11)7(10)5-6/h3-5,9H,2,12H2,1H3/t9-/m0/s1. The Labute approximate surface area is 79.9 Å². The van der Waals surface area contributed by atoms with E-state index in [1.54, 1.807) is 12.1 Å². The quantitative estimate of drug-likeness (QED) is 0.833. The van der Waals surface area contributed by atoms with E-state index in [1.807, 2.05) is 6.92 Å². The lowest BCUT2D eigenvalue weighted by Crippen LogP contribution is -2.08. The molecule has 3 heteroatoms. The average Bonchev–Trinajstić information content (AvgIpc) is 2.08. The van der Waals surface area contributed by atoms with Gasteiger partial charge in [0.1, 0.15) is 5.82 Å². The molecule has 0 saturated heterocycles. The summed E-state index contributed by atoms with van der Waals surface area (Å²) >= 11 is 3.11. The zero-order chi connectivity index (χ0) is 9.14. The molecule has 12 heavy (non-hydrogen) atoms. The van der Waals surface area contributed by atoms with Crippen molar-refractivity contribution in [2.45, 2.75) is 19.4 Å². The fourth-order valence-corrected chi connectivity index (χ4v) is 1.38. The Hall–Kier alpha value is -0.410. The van der Waals surface area contributed by atoms with Crippen molar-refractivity contribution >= 4 is 15.9 Å². The normalized spacial score (nSPS) is 13.0. The summed E-state index contributed by atoms with van der Waals surface area (Å²) in [5.74, 6) is -0.248. The highest BCUT2D eigenvalue weighted by atomic mass is 79.9. The molecule has 0 fully saturated rings. The first-order valence-corrected chi connectivity index (χ1v) is 4.65. The second-order valence-corrected chi connectivity index (χ2v) is 3.54. The predicted octanol–water partition coefficient (Wildman–Crippen LogP) is 3.00. The largest absolute Gasteiger partial charge is 0.324 e. The molecule has 0 aliphatic heterocycles. The molecule has 2 N–H and O–H groups in total. The first-order chi connectivity index (χ1) is 5.65. The van der Waals surface area contributed by atoms with E-state index < -0.39 is 0 Å². The Morgan fingerprint density at radius 3 is 2.75 bits per heavy atom. The van der Waals surface area contributed by atoms with Crippen LogP contribution >= 0.6 is 15.9 Å². The molecule has 1 rings (SSSR count). The minimum Gasteiger partial charge on any atom is -0.324 e. The second kappa shape index (κ2) is 4.01.